The fourth-order valence-corrected chi connectivity index (χ4v) is 2.56. The number of hydrogen-bond donors (Lipinski definition) is 1. The maximum absolute atomic E-state index is 6.28. The minimum atomic E-state index is 0.261. The van der Waals surface area contributed by atoms with E-state index in [9.17, 15) is 0 Å². The highest BCUT2D eigenvalue weighted by Gasteiger charge is 2.22. The molecule has 1 aliphatic rings. The number of ether oxygens (including phenoxy) is 1. The van der Waals surface area contributed by atoms with Crippen molar-refractivity contribution in [2.75, 3.05) is 33.3 Å². The van der Waals surface area contributed by atoms with Crippen molar-refractivity contribution in [1.82, 2.24) is 20.0 Å². The highest BCUT2D eigenvalue weighted by atomic mass is 35.5. The average Bonchev–Trinajstić information content (AvgIpc) is 2.57. The molecule has 2 rings (SSSR count). The Hall–Kier alpha value is -0.620. The van der Waals surface area contributed by atoms with E-state index in [-0.39, 0.29) is 6.10 Å². The van der Waals surface area contributed by atoms with Crippen molar-refractivity contribution >= 4 is 11.6 Å². The maximum atomic E-state index is 6.28. The number of nitrogens with one attached hydrogen (secondary N) is 1. The molecule has 1 unspecified atom stereocenters. The lowest BCUT2D eigenvalue weighted by Gasteiger charge is -2.32. The number of rotatable bonds is 4. The molecule has 0 spiro atoms. The van der Waals surface area contributed by atoms with Gasteiger partial charge in [0.05, 0.1) is 29.1 Å². The quantitative estimate of drug-likeness (QED) is 0.881. The summed E-state index contributed by atoms with van der Waals surface area (Å²) in [6, 6.07) is 0. The second-order valence-corrected chi connectivity index (χ2v) is 5.13. The minimum Gasteiger partial charge on any atom is -0.374 e. The third-order valence-corrected chi connectivity index (χ3v) is 3.78. The van der Waals surface area contributed by atoms with Gasteiger partial charge in [-0.2, -0.15) is 5.10 Å². The summed E-state index contributed by atoms with van der Waals surface area (Å²) in [4.78, 5) is 2.37. The van der Waals surface area contributed by atoms with Gasteiger partial charge in [0.25, 0.3) is 0 Å². The number of likely N-dealkylation sites (N-methyl/N-ethyl adjacent to an activating group) is 1. The van der Waals surface area contributed by atoms with Crippen molar-refractivity contribution in [3.63, 3.8) is 0 Å². The predicted octanol–water partition coefficient (Wildman–Crippen LogP) is 0.802. The largest absolute Gasteiger partial charge is 0.374 e. The van der Waals surface area contributed by atoms with Crippen molar-refractivity contribution in [2.45, 2.75) is 19.6 Å². The van der Waals surface area contributed by atoms with Crippen molar-refractivity contribution in [3.8, 4) is 0 Å². The Labute approximate surface area is 113 Å². The van der Waals surface area contributed by atoms with E-state index in [1.807, 2.05) is 25.7 Å². The fraction of sp³-hybridized carbons (Fsp3) is 0.750. The second-order valence-electron chi connectivity index (χ2n) is 4.76. The summed E-state index contributed by atoms with van der Waals surface area (Å²) < 4.78 is 7.57. The summed E-state index contributed by atoms with van der Waals surface area (Å²) >= 11 is 6.28. The van der Waals surface area contributed by atoms with E-state index in [1.54, 1.807) is 0 Å². The van der Waals surface area contributed by atoms with E-state index in [2.05, 4.69) is 15.3 Å². The van der Waals surface area contributed by atoms with Crippen molar-refractivity contribution in [1.29, 1.82) is 0 Å². The van der Waals surface area contributed by atoms with Gasteiger partial charge in [-0.15, -0.1) is 0 Å². The summed E-state index contributed by atoms with van der Waals surface area (Å²) in [5.74, 6) is 0. The van der Waals surface area contributed by atoms with Crippen LogP contribution in [0.1, 0.15) is 11.4 Å². The molecule has 0 amide bonds. The maximum Gasteiger partial charge on any atom is 0.0860 e. The molecule has 1 aromatic heterocycles. The standard InChI is InChI=1S/C12H21ClN4O/c1-9-12(13)11(16(3)15-9)8-17-4-5-18-10(7-17)6-14-2/h10,14H,4-8H2,1-3H3. The Bertz CT molecular complexity index is 405. The van der Waals surface area contributed by atoms with Gasteiger partial charge in [0, 0.05) is 33.2 Å². The normalized spacial score (nSPS) is 21.4. The van der Waals surface area contributed by atoms with Crippen LogP contribution in [-0.4, -0.2) is 54.1 Å². The molecule has 1 N–H and O–H groups in total. The monoisotopic (exact) mass is 272 g/mol. The first-order chi connectivity index (χ1) is 8.61. The molecular weight excluding hydrogens is 252 g/mol. The Kier molecular flexibility index (Phi) is 4.61. The zero-order chi connectivity index (χ0) is 13.1. The van der Waals surface area contributed by atoms with Gasteiger partial charge in [-0.25, -0.2) is 0 Å². The van der Waals surface area contributed by atoms with Gasteiger partial charge in [0.2, 0.25) is 0 Å². The number of nitrogens with zero attached hydrogens (tertiary/aromatic N) is 3. The van der Waals surface area contributed by atoms with Gasteiger partial charge in [0.15, 0.2) is 0 Å². The molecular formula is C12H21ClN4O. The smallest absolute Gasteiger partial charge is 0.0860 e. The van der Waals surface area contributed by atoms with Crippen molar-refractivity contribution < 1.29 is 4.74 Å². The van der Waals surface area contributed by atoms with Crippen LogP contribution in [0, 0.1) is 6.92 Å². The lowest BCUT2D eigenvalue weighted by molar-refractivity contribution is -0.0297. The topological polar surface area (TPSA) is 42.3 Å². The molecule has 1 aliphatic heterocycles. The summed E-state index contributed by atoms with van der Waals surface area (Å²) in [6.45, 7) is 6.31. The molecule has 2 heterocycles. The Morgan fingerprint density at radius 2 is 2.33 bits per heavy atom. The zero-order valence-corrected chi connectivity index (χ0v) is 12.0. The van der Waals surface area contributed by atoms with Gasteiger partial charge in [-0.1, -0.05) is 11.6 Å². The zero-order valence-electron chi connectivity index (χ0n) is 11.2. The third-order valence-electron chi connectivity index (χ3n) is 3.29. The Morgan fingerprint density at radius 3 is 2.94 bits per heavy atom. The molecule has 1 fully saturated rings. The predicted molar refractivity (Wildman–Crippen MR) is 71.9 cm³/mol. The van der Waals surface area contributed by atoms with Crippen LogP contribution in [0.15, 0.2) is 0 Å². The Balaban J connectivity index is 2.00. The van der Waals surface area contributed by atoms with E-state index >= 15 is 0 Å². The molecule has 0 radical (unpaired) electrons. The van der Waals surface area contributed by atoms with E-state index in [4.69, 9.17) is 16.3 Å². The third kappa shape index (κ3) is 3.03. The molecule has 6 heteroatoms. The molecule has 5 nitrogen and oxygen atoms in total. The molecule has 1 saturated heterocycles. The van der Waals surface area contributed by atoms with Crippen LogP contribution in [0.5, 0.6) is 0 Å². The van der Waals surface area contributed by atoms with Crippen LogP contribution in [0.3, 0.4) is 0 Å². The van der Waals surface area contributed by atoms with Crippen LogP contribution in [-0.2, 0) is 18.3 Å². The van der Waals surface area contributed by atoms with Gasteiger partial charge in [0.1, 0.15) is 0 Å². The molecule has 1 atom stereocenters. The van der Waals surface area contributed by atoms with Crippen molar-refractivity contribution in [2.24, 2.45) is 7.05 Å². The van der Waals surface area contributed by atoms with Gasteiger partial charge >= 0.3 is 0 Å². The van der Waals surface area contributed by atoms with Crippen LogP contribution in [0.2, 0.25) is 5.02 Å². The lowest BCUT2D eigenvalue weighted by Crippen LogP contribution is -2.45. The van der Waals surface area contributed by atoms with Crippen LogP contribution < -0.4 is 5.32 Å². The van der Waals surface area contributed by atoms with E-state index in [0.29, 0.717) is 0 Å². The van der Waals surface area contributed by atoms with E-state index < -0.39 is 0 Å². The molecule has 1 aromatic rings. The number of aromatic nitrogens is 2. The van der Waals surface area contributed by atoms with E-state index in [0.717, 1.165) is 49.2 Å². The Morgan fingerprint density at radius 1 is 1.56 bits per heavy atom. The first-order valence-corrected chi connectivity index (χ1v) is 6.66. The van der Waals surface area contributed by atoms with E-state index in [1.165, 1.54) is 0 Å². The second kappa shape index (κ2) is 6.02. The summed E-state index contributed by atoms with van der Waals surface area (Å²) in [7, 11) is 3.89. The number of halogens is 1. The highest BCUT2D eigenvalue weighted by Crippen LogP contribution is 2.21. The first kappa shape index (κ1) is 13.8. The minimum absolute atomic E-state index is 0.261. The first-order valence-electron chi connectivity index (χ1n) is 6.28. The fourth-order valence-electron chi connectivity index (χ4n) is 2.34. The molecule has 0 aliphatic carbocycles. The van der Waals surface area contributed by atoms with Gasteiger partial charge in [-0.05, 0) is 14.0 Å². The van der Waals surface area contributed by atoms with Crippen LogP contribution in [0.4, 0.5) is 0 Å². The van der Waals surface area contributed by atoms with Crippen molar-refractivity contribution in [3.05, 3.63) is 16.4 Å². The molecule has 0 saturated carbocycles. The SMILES string of the molecule is CNCC1CN(Cc2c(Cl)c(C)nn2C)CCO1. The van der Waals surface area contributed by atoms with Gasteiger partial charge < -0.3 is 10.1 Å². The number of morpholine rings is 1. The molecule has 0 aromatic carbocycles. The molecule has 0 bridgehead atoms. The van der Waals surface area contributed by atoms with Gasteiger partial charge in [-0.3, -0.25) is 9.58 Å². The average molecular weight is 273 g/mol. The van der Waals surface area contributed by atoms with Crippen LogP contribution >= 0.6 is 11.6 Å². The molecule has 18 heavy (non-hydrogen) atoms. The highest BCUT2D eigenvalue weighted by molar-refractivity contribution is 6.31. The van der Waals surface area contributed by atoms with Crippen LogP contribution in [0.25, 0.3) is 0 Å². The molecule has 102 valence electrons. The number of hydrogen-bond acceptors (Lipinski definition) is 4. The summed E-state index contributed by atoms with van der Waals surface area (Å²) in [5.41, 5.74) is 1.98. The number of aryl methyl sites for hydroxylation is 2. The summed E-state index contributed by atoms with van der Waals surface area (Å²) in [6.07, 6.45) is 0.261. The summed E-state index contributed by atoms with van der Waals surface area (Å²) in [5, 5.41) is 8.29. The lowest BCUT2D eigenvalue weighted by atomic mass is 10.2.